The first-order chi connectivity index (χ1) is 8.16. The van der Waals surface area contributed by atoms with Crippen molar-refractivity contribution >= 4 is 29.5 Å². The largest absolute Gasteiger partial charge is 0.384 e. The molecule has 0 bridgehead atoms. The molecule has 17 heavy (non-hydrogen) atoms. The Kier molecular flexibility index (Phi) is 3.48. The van der Waals surface area contributed by atoms with Crippen molar-refractivity contribution in [2.45, 2.75) is 4.90 Å². The fraction of sp³-hybridized carbons (Fsp3) is 0.300. The second-order valence-corrected chi connectivity index (χ2v) is 4.53. The zero-order valence-electron chi connectivity index (χ0n) is 9.05. The van der Waals surface area contributed by atoms with E-state index in [0.717, 1.165) is 4.90 Å². The molecule has 2 heterocycles. The summed E-state index contributed by atoms with van der Waals surface area (Å²) in [5.74, 6) is 0.473. The van der Waals surface area contributed by atoms with Crippen LogP contribution >= 0.6 is 11.8 Å². The average Bonchev–Trinajstić information content (AvgIpc) is 2.74. The van der Waals surface area contributed by atoms with Crippen LogP contribution in [0.2, 0.25) is 0 Å². The second-order valence-electron chi connectivity index (χ2n) is 3.48. The number of urea groups is 1. The molecule has 1 aromatic heterocycles. The Bertz CT molecular complexity index is 434. The van der Waals surface area contributed by atoms with Crippen molar-refractivity contribution in [3.63, 3.8) is 0 Å². The highest BCUT2D eigenvalue weighted by Gasteiger charge is 2.25. The van der Waals surface area contributed by atoms with Crippen molar-refractivity contribution < 1.29 is 9.59 Å². The Labute approximate surface area is 103 Å². The molecule has 0 radical (unpaired) electrons. The lowest BCUT2D eigenvalue weighted by molar-refractivity contribution is -0.124. The van der Waals surface area contributed by atoms with Crippen LogP contribution in [-0.4, -0.2) is 40.7 Å². The lowest BCUT2D eigenvalue weighted by atomic mass is 10.5. The van der Waals surface area contributed by atoms with Gasteiger partial charge in [0.25, 0.3) is 0 Å². The van der Waals surface area contributed by atoms with E-state index in [9.17, 15) is 9.59 Å². The van der Waals surface area contributed by atoms with E-state index in [-0.39, 0.29) is 17.7 Å². The smallest absolute Gasteiger partial charge is 0.324 e. The van der Waals surface area contributed by atoms with Gasteiger partial charge in [-0.2, -0.15) is 0 Å². The number of amides is 3. The zero-order chi connectivity index (χ0) is 12.3. The summed E-state index contributed by atoms with van der Waals surface area (Å²) in [7, 11) is 0. The predicted molar refractivity (Wildman–Crippen MR) is 64.5 cm³/mol. The van der Waals surface area contributed by atoms with E-state index in [4.69, 9.17) is 5.73 Å². The van der Waals surface area contributed by atoms with Gasteiger partial charge in [0.15, 0.2) is 0 Å². The molecule has 0 saturated carbocycles. The van der Waals surface area contributed by atoms with Crippen LogP contribution in [0.25, 0.3) is 0 Å². The van der Waals surface area contributed by atoms with Crippen molar-refractivity contribution in [3.8, 4) is 0 Å². The van der Waals surface area contributed by atoms with E-state index in [1.807, 2.05) is 0 Å². The molecule has 90 valence electrons. The Morgan fingerprint density at radius 2 is 2.41 bits per heavy atom. The molecule has 3 N–H and O–H groups in total. The summed E-state index contributed by atoms with van der Waals surface area (Å²) in [6.45, 7) is 0.969. The van der Waals surface area contributed by atoms with E-state index in [0.29, 0.717) is 18.9 Å². The van der Waals surface area contributed by atoms with E-state index in [1.165, 1.54) is 16.7 Å². The topological polar surface area (TPSA) is 88.3 Å². The van der Waals surface area contributed by atoms with Crippen molar-refractivity contribution in [3.05, 3.63) is 18.3 Å². The number of thioether (sulfide) groups is 1. The molecule has 7 heteroatoms. The van der Waals surface area contributed by atoms with Crippen molar-refractivity contribution in [2.75, 3.05) is 24.6 Å². The van der Waals surface area contributed by atoms with Crippen LogP contribution in [-0.2, 0) is 4.79 Å². The van der Waals surface area contributed by atoms with Gasteiger partial charge in [-0.3, -0.25) is 9.69 Å². The number of carbonyl (C=O) groups is 2. The minimum absolute atomic E-state index is 0.193. The molecule has 1 saturated heterocycles. The monoisotopic (exact) mass is 252 g/mol. The van der Waals surface area contributed by atoms with E-state index >= 15 is 0 Å². The van der Waals surface area contributed by atoms with Gasteiger partial charge in [-0.15, -0.1) is 11.8 Å². The first kappa shape index (κ1) is 11.7. The molecule has 1 aliphatic rings. The molecule has 1 aromatic rings. The van der Waals surface area contributed by atoms with Crippen LogP contribution in [0.3, 0.4) is 0 Å². The number of carbonyl (C=O) groups excluding carboxylic acids is 2. The van der Waals surface area contributed by atoms with Gasteiger partial charge in [-0.1, -0.05) is 0 Å². The van der Waals surface area contributed by atoms with Crippen LogP contribution < -0.4 is 11.1 Å². The highest BCUT2D eigenvalue weighted by atomic mass is 32.2. The van der Waals surface area contributed by atoms with Gasteiger partial charge in [0.2, 0.25) is 5.91 Å². The number of nitrogens with one attached hydrogen (secondary N) is 1. The standard InChI is InChI=1S/C10H12N4O2S/c11-8-2-1-7(5-13-8)17-6-9(15)14-4-3-12-10(14)16/h1-2,5H,3-4,6H2,(H2,11,13)(H,12,16). The van der Waals surface area contributed by atoms with Gasteiger partial charge in [0, 0.05) is 24.2 Å². The summed E-state index contributed by atoms with van der Waals surface area (Å²) in [6, 6.07) is 3.16. The fourth-order valence-electron chi connectivity index (χ4n) is 1.41. The fourth-order valence-corrected chi connectivity index (χ4v) is 2.15. The minimum Gasteiger partial charge on any atom is -0.384 e. The quantitative estimate of drug-likeness (QED) is 0.756. The van der Waals surface area contributed by atoms with Crippen LogP contribution in [0, 0.1) is 0 Å². The molecule has 0 unspecified atom stereocenters. The highest BCUT2D eigenvalue weighted by Crippen LogP contribution is 2.18. The average molecular weight is 252 g/mol. The molecule has 0 aromatic carbocycles. The first-order valence-corrected chi connectivity index (χ1v) is 6.08. The number of pyridine rings is 1. The molecule has 1 aliphatic heterocycles. The number of nitrogens with zero attached hydrogens (tertiary/aromatic N) is 2. The van der Waals surface area contributed by atoms with Gasteiger partial charge in [-0.25, -0.2) is 9.78 Å². The first-order valence-electron chi connectivity index (χ1n) is 5.09. The molecular formula is C10H12N4O2S. The summed E-state index contributed by atoms with van der Waals surface area (Å²) in [5, 5.41) is 2.58. The Morgan fingerprint density at radius 1 is 1.59 bits per heavy atom. The number of nitrogens with two attached hydrogens (primary N) is 1. The van der Waals surface area contributed by atoms with Gasteiger partial charge in [0.05, 0.1) is 5.75 Å². The third-order valence-electron chi connectivity index (χ3n) is 2.28. The van der Waals surface area contributed by atoms with Gasteiger partial charge >= 0.3 is 6.03 Å². The Morgan fingerprint density at radius 3 is 3.00 bits per heavy atom. The van der Waals surface area contributed by atoms with Gasteiger partial charge in [0.1, 0.15) is 5.82 Å². The molecule has 2 rings (SSSR count). The Hall–Kier alpha value is -1.76. The lowest BCUT2D eigenvalue weighted by Crippen LogP contribution is -2.35. The van der Waals surface area contributed by atoms with Gasteiger partial charge < -0.3 is 11.1 Å². The maximum absolute atomic E-state index is 11.7. The Balaban J connectivity index is 1.87. The third kappa shape index (κ3) is 2.88. The molecule has 6 nitrogen and oxygen atoms in total. The maximum Gasteiger partial charge on any atom is 0.324 e. The summed E-state index contributed by atoms with van der Waals surface area (Å²) in [6.07, 6.45) is 1.61. The predicted octanol–water partition coefficient (Wildman–Crippen LogP) is 0.308. The third-order valence-corrected chi connectivity index (χ3v) is 3.25. The molecule has 3 amide bonds. The van der Waals surface area contributed by atoms with Crippen LogP contribution in [0.15, 0.2) is 23.2 Å². The summed E-state index contributed by atoms with van der Waals surface area (Å²) < 4.78 is 0. The van der Waals surface area contributed by atoms with Crippen molar-refractivity contribution in [1.82, 2.24) is 15.2 Å². The molecule has 0 aliphatic carbocycles. The van der Waals surface area contributed by atoms with Gasteiger partial charge in [-0.05, 0) is 12.1 Å². The van der Waals surface area contributed by atoms with Crippen molar-refractivity contribution in [2.24, 2.45) is 0 Å². The molecule has 0 spiro atoms. The van der Waals surface area contributed by atoms with E-state index in [1.54, 1.807) is 18.3 Å². The lowest BCUT2D eigenvalue weighted by Gasteiger charge is -2.11. The maximum atomic E-state index is 11.7. The van der Waals surface area contributed by atoms with Crippen LogP contribution in [0.5, 0.6) is 0 Å². The molecule has 1 fully saturated rings. The number of hydrogen-bond donors (Lipinski definition) is 2. The molecular weight excluding hydrogens is 240 g/mol. The van der Waals surface area contributed by atoms with E-state index < -0.39 is 0 Å². The molecule has 0 atom stereocenters. The number of aromatic nitrogens is 1. The number of anilines is 1. The minimum atomic E-state index is -0.314. The number of imide groups is 1. The van der Waals surface area contributed by atoms with Crippen LogP contribution in [0.1, 0.15) is 0 Å². The second kappa shape index (κ2) is 5.05. The van der Waals surface area contributed by atoms with Crippen molar-refractivity contribution in [1.29, 1.82) is 0 Å². The summed E-state index contributed by atoms with van der Waals surface area (Å²) in [5.41, 5.74) is 5.45. The zero-order valence-corrected chi connectivity index (χ0v) is 9.87. The highest BCUT2D eigenvalue weighted by molar-refractivity contribution is 8.00. The van der Waals surface area contributed by atoms with E-state index in [2.05, 4.69) is 10.3 Å². The number of nitrogen functional groups attached to an aromatic ring is 1. The summed E-state index contributed by atoms with van der Waals surface area (Å²) >= 11 is 1.34. The summed E-state index contributed by atoms with van der Waals surface area (Å²) in [4.78, 5) is 28.9. The number of hydrogen-bond acceptors (Lipinski definition) is 5. The SMILES string of the molecule is Nc1ccc(SCC(=O)N2CCNC2=O)cn1. The van der Waals surface area contributed by atoms with Crippen LogP contribution in [0.4, 0.5) is 10.6 Å². The normalized spacial score (nSPS) is 14.8. The number of rotatable bonds is 3.